The zero-order valence-electron chi connectivity index (χ0n) is 20.0. The molecule has 1 unspecified atom stereocenters. The fourth-order valence-electron chi connectivity index (χ4n) is 4.21. The van der Waals surface area contributed by atoms with Gasteiger partial charge in [-0.05, 0) is 35.9 Å². The molecule has 7 heteroatoms. The number of ether oxygens (including phenoxy) is 2. The number of nitrogens with zero attached hydrogens (tertiary/aromatic N) is 1. The molecule has 0 radical (unpaired) electrons. The molecule has 0 bridgehead atoms. The van der Waals surface area contributed by atoms with E-state index in [1.54, 1.807) is 19.2 Å². The van der Waals surface area contributed by atoms with Crippen molar-refractivity contribution in [1.29, 1.82) is 0 Å². The van der Waals surface area contributed by atoms with Crippen molar-refractivity contribution in [3.63, 3.8) is 0 Å². The van der Waals surface area contributed by atoms with E-state index < -0.39 is 25.5 Å². The summed E-state index contributed by atoms with van der Waals surface area (Å²) in [4.78, 5) is 15.7. The molecular formula is C29H26FNO4P+. The van der Waals surface area contributed by atoms with E-state index >= 15 is 4.39 Å². The standard InChI is InChI=1S/C29H25FNO4P/c1-34-24-15-13-21(14-16-24)20-31(28(32)26-19-25(35-2)17-18-27(26)30)29(36-33,22-9-5-3-6-10-22)23-11-7-4-8-12-23/h3-19H,20H2,1-2H3/p+1. The molecule has 0 fully saturated rings. The van der Waals surface area contributed by atoms with Gasteiger partial charge in [0, 0.05) is 11.1 Å². The van der Waals surface area contributed by atoms with E-state index in [0.29, 0.717) is 22.6 Å². The van der Waals surface area contributed by atoms with Crippen molar-refractivity contribution in [1.82, 2.24) is 4.90 Å². The maximum Gasteiger partial charge on any atom is 0.363 e. The van der Waals surface area contributed by atoms with Gasteiger partial charge in [0.1, 0.15) is 17.3 Å². The van der Waals surface area contributed by atoms with E-state index in [0.717, 1.165) is 5.56 Å². The molecule has 0 aromatic heterocycles. The Kier molecular flexibility index (Phi) is 7.77. The normalized spacial score (nSPS) is 11.2. The molecule has 0 spiro atoms. The summed E-state index contributed by atoms with van der Waals surface area (Å²) in [5, 5.41) is -1.38. The highest BCUT2D eigenvalue weighted by Crippen LogP contribution is 2.46. The molecular weight excluding hydrogens is 476 g/mol. The zero-order chi connectivity index (χ0) is 25.5. The molecule has 0 N–H and O–H groups in total. The van der Waals surface area contributed by atoms with Crippen molar-refractivity contribution < 1.29 is 23.2 Å². The Morgan fingerprint density at radius 2 is 1.33 bits per heavy atom. The van der Waals surface area contributed by atoms with Gasteiger partial charge in [-0.1, -0.05) is 77.4 Å². The van der Waals surface area contributed by atoms with Gasteiger partial charge in [0.15, 0.2) is 0 Å². The summed E-state index contributed by atoms with van der Waals surface area (Å²) >= 11 is 0. The predicted molar refractivity (Wildman–Crippen MR) is 138 cm³/mol. The fourth-order valence-corrected chi connectivity index (χ4v) is 5.07. The topological polar surface area (TPSA) is 55.8 Å². The van der Waals surface area contributed by atoms with Crippen molar-refractivity contribution in [2.75, 3.05) is 14.2 Å². The third-order valence-electron chi connectivity index (χ3n) is 6.08. The van der Waals surface area contributed by atoms with Crippen LogP contribution >= 0.6 is 8.46 Å². The van der Waals surface area contributed by atoms with Crippen molar-refractivity contribution in [3.05, 3.63) is 131 Å². The van der Waals surface area contributed by atoms with Crippen LogP contribution in [-0.2, 0) is 16.4 Å². The Balaban J connectivity index is 1.96. The van der Waals surface area contributed by atoms with Crippen LogP contribution in [0.2, 0.25) is 0 Å². The van der Waals surface area contributed by atoms with Crippen molar-refractivity contribution in [2.24, 2.45) is 0 Å². The highest BCUT2D eigenvalue weighted by molar-refractivity contribution is 7.26. The average Bonchev–Trinajstić information content (AvgIpc) is 2.94. The van der Waals surface area contributed by atoms with Crippen LogP contribution in [0.5, 0.6) is 11.5 Å². The molecule has 1 atom stereocenters. The Morgan fingerprint density at radius 3 is 1.83 bits per heavy atom. The lowest BCUT2D eigenvalue weighted by Gasteiger charge is -2.35. The van der Waals surface area contributed by atoms with Gasteiger partial charge in [-0.2, -0.15) is 0 Å². The first-order valence-electron chi connectivity index (χ1n) is 11.3. The van der Waals surface area contributed by atoms with Gasteiger partial charge < -0.3 is 9.47 Å². The van der Waals surface area contributed by atoms with Gasteiger partial charge in [0.05, 0.1) is 26.3 Å². The first kappa shape index (κ1) is 25.1. The monoisotopic (exact) mass is 502 g/mol. The summed E-state index contributed by atoms with van der Waals surface area (Å²) in [5.41, 5.74) is 1.89. The number of halogens is 1. The van der Waals surface area contributed by atoms with Crippen LogP contribution < -0.4 is 9.47 Å². The van der Waals surface area contributed by atoms with E-state index in [4.69, 9.17) is 9.47 Å². The smallest absolute Gasteiger partial charge is 0.363 e. The molecule has 0 aliphatic carbocycles. The minimum absolute atomic E-state index is 0.0680. The second kappa shape index (κ2) is 11.1. The summed E-state index contributed by atoms with van der Waals surface area (Å²) in [6.07, 6.45) is 0. The summed E-state index contributed by atoms with van der Waals surface area (Å²) in [7, 11) is 2.04. The molecule has 0 aliphatic heterocycles. The van der Waals surface area contributed by atoms with Crippen LogP contribution in [0.3, 0.4) is 0 Å². The molecule has 0 heterocycles. The van der Waals surface area contributed by atoms with Crippen molar-refractivity contribution in [2.45, 2.75) is 11.8 Å². The number of amides is 1. The molecule has 36 heavy (non-hydrogen) atoms. The molecule has 4 aromatic rings. The molecule has 0 aliphatic rings. The van der Waals surface area contributed by atoms with Crippen LogP contribution in [0.4, 0.5) is 4.39 Å². The quantitative estimate of drug-likeness (QED) is 0.248. The molecule has 4 rings (SSSR count). The van der Waals surface area contributed by atoms with E-state index in [-0.39, 0.29) is 12.1 Å². The number of hydrogen-bond acceptors (Lipinski definition) is 4. The second-order valence-corrected chi connectivity index (χ2v) is 9.06. The van der Waals surface area contributed by atoms with Gasteiger partial charge >= 0.3 is 8.46 Å². The predicted octanol–water partition coefficient (Wildman–Crippen LogP) is 6.41. The lowest BCUT2D eigenvalue weighted by molar-refractivity contribution is 0.0644. The zero-order valence-corrected chi connectivity index (χ0v) is 21.0. The first-order valence-corrected chi connectivity index (χ1v) is 12.2. The Labute approximate surface area is 211 Å². The largest absolute Gasteiger partial charge is 0.497 e. The third kappa shape index (κ3) is 4.86. The average molecular weight is 503 g/mol. The van der Waals surface area contributed by atoms with E-state index in [1.807, 2.05) is 72.8 Å². The van der Waals surface area contributed by atoms with Gasteiger partial charge in [-0.3, -0.25) is 9.69 Å². The Morgan fingerprint density at radius 1 is 0.806 bits per heavy atom. The molecule has 182 valence electrons. The van der Waals surface area contributed by atoms with Crippen LogP contribution in [-0.4, -0.2) is 25.0 Å². The van der Waals surface area contributed by atoms with Crippen LogP contribution in [0.15, 0.2) is 103 Å². The fraction of sp³-hybridized carbons (Fsp3) is 0.138. The highest BCUT2D eigenvalue weighted by Gasteiger charge is 2.51. The summed E-state index contributed by atoms with van der Waals surface area (Å²) in [6.45, 7) is 0.0680. The number of benzene rings is 4. The number of carbonyl (C=O) groups is 1. The SMILES string of the molecule is COc1ccc(CN(C(=O)c2cc(OC)ccc2F)C([PH+]=O)(c2ccccc2)c2ccccc2)cc1. The number of carbonyl (C=O) groups excluding carboxylic acids is 1. The van der Waals surface area contributed by atoms with Crippen LogP contribution in [0.1, 0.15) is 27.0 Å². The second-order valence-electron chi connectivity index (χ2n) is 8.13. The van der Waals surface area contributed by atoms with Gasteiger partial charge in [0.2, 0.25) is 0 Å². The number of methoxy groups -OCH3 is 2. The maximum atomic E-state index is 15.1. The minimum Gasteiger partial charge on any atom is -0.497 e. The lowest BCUT2D eigenvalue weighted by Crippen LogP contribution is -2.46. The molecule has 1 amide bonds. The minimum atomic E-state index is -1.38. The lowest BCUT2D eigenvalue weighted by atomic mass is 9.94. The van der Waals surface area contributed by atoms with Crippen molar-refractivity contribution >= 4 is 14.4 Å². The summed E-state index contributed by atoms with van der Waals surface area (Å²) < 4.78 is 38.9. The number of hydrogen-bond donors (Lipinski definition) is 0. The highest BCUT2D eigenvalue weighted by atomic mass is 31.1. The molecule has 4 aromatic carbocycles. The van der Waals surface area contributed by atoms with Crippen LogP contribution in [0.25, 0.3) is 0 Å². The van der Waals surface area contributed by atoms with Gasteiger partial charge in [-0.25, -0.2) is 4.39 Å². The molecule has 0 saturated carbocycles. The molecule has 0 saturated heterocycles. The van der Waals surface area contributed by atoms with E-state index in [2.05, 4.69) is 0 Å². The van der Waals surface area contributed by atoms with Crippen LogP contribution in [0, 0.1) is 5.82 Å². The first-order chi connectivity index (χ1) is 17.5. The number of rotatable bonds is 9. The molecule has 5 nitrogen and oxygen atoms in total. The van der Waals surface area contributed by atoms with Gasteiger partial charge in [0.25, 0.3) is 11.2 Å². The third-order valence-corrected chi connectivity index (χ3v) is 7.23. The summed E-state index contributed by atoms with van der Waals surface area (Å²) in [5.74, 6) is -0.291. The maximum absolute atomic E-state index is 15.1. The van der Waals surface area contributed by atoms with E-state index in [9.17, 15) is 9.36 Å². The van der Waals surface area contributed by atoms with Crippen molar-refractivity contribution in [3.8, 4) is 11.5 Å². The Hall–Kier alpha value is -4.02. The van der Waals surface area contributed by atoms with E-state index in [1.165, 1.54) is 30.2 Å². The van der Waals surface area contributed by atoms with Gasteiger partial charge in [-0.15, -0.1) is 0 Å². The summed E-state index contributed by atoms with van der Waals surface area (Å²) in [6, 6.07) is 29.6. The Bertz CT molecular complexity index is 1290.